The minimum absolute atomic E-state index is 0.0900. The van der Waals surface area contributed by atoms with Crippen molar-refractivity contribution in [2.45, 2.75) is 31.9 Å². The minimum atomic E-state index is -4.55. The Balaban J connectivity index is 2.28. The summed E-state index contributed by atoms with van der Waals surface area (Å²) in [5.41, 5.74) is 4.56. The van der Waals surface area contributed by atoms with Crippen molar-refractivity contribution >= 4 is 11.9 Å². The summed E-state index contributed by atoms with van der Waals surface area (Å²) in [7, 11) is 0. The molecule has 1 aliphatic heterocycles. The van der Waals surface area contributed by atoms with Crippen LogP contribution in [0.5, 0.6) is 0 Å². The minimum Gasteiger partial charge on any atom is -0.368 e. The summed E-state index contributed by atoms with van der Waals surface area (Å²) in [6.07, 6.45) is -3.15. The van der Waals surface area contributed by atoms with Crippen LogP contribution in [0, 0.1) is 0 Å². The second kappa shape index (κ2) is 5.26. The van der Waals surface area contributed by atoms with Gasteiger partial charge in [0.1, 0.15) is 5.69 Å². The lowest BCUT2D eigenvalue weighted by atomic mass is 9.94. The number of carbonyl (C=O) groups is 1. The Bertz CT molecular complexity index is 518. The number of rotatable bonds is 1. The van der Waals surface area contributed by atoms with Gasteiger partial charge in [-0.2, -0.15) is 13.2 Å². The van der Waals surface area contributed by atoms with Gasteiger partial charge in [-0.15, -0.1) is 0 Å². The van der Waals surface area contributed by atoms with Crippen LogP contribution in [0.1, 0.15) is 37.1 Å². The molecule has 1 aromatic heterocycles. The summed E-state index contributed by atoms with van der Waals surface area (Å²) in [6, 6.07) is 0.921. The van der Waals surface area contributed by atoms with Crippen molar-refractivity contribution in [3.8, 4) is 0 Å². The van der Waals surface area contributed by atoms with Crippen molar-refractivity contribution in [2.75, 3.05) is 18.8 Å². The van der Waals surface area contributed by atoms with Crippen LogP contribution in [0.15, 0.2) is 6.07 Å². The Morgan fingerprint density at radius 2 is 2.15 bits per heavy atom. The zero-order chi connectivity index (χ0) is 14.9. The highest BCUT2D eigenvalue weighted by Crippen LogP contribution is 2.32. The lowest BCUT2D eigenvalue weighted by Gasteiger charge is -2.31. The van der Waals surface area contributed by atoms with Crippen LogP contribution in [0.25, 0.3) is 0 Å². The molecule has 20 heavy (non-hydrogen) atoms. The van der Waals surface area contributed by atoms with Crippen molar-refractivity contribution in [1.29, 1.82) is 0 Å². The molecule has 1 amide bonds. The highest BCUT2D eigenvalue weighted by atomic mass is 19.4. The smallest absolute Gasteiger partial charge is 0.368 e. The van der Waals surface area contributed by atoms with E-state index in [0.717, 1.165) is 12.5 Å². The number of hydrogen-bond acceptors (Lipinski definition) is 4. The number of nitrogens with zero attached hydrogens (tertiary/aromatic N) is 3. The lowest BCUT2D eigenvalue weighted by Crippen LogP contribution is -2.38. The molecule has 5 nitrogen and oxygen atoms in total. The SMILES string of the molecule is CC(=O)N1CCC[C@@H](c2cc(C(F)(F)F)nc(N)n2)C1. The summed E-state index contributed by atoms with van der Waals surface area (Å²) in [4.78, 5) is 20.1. The Morgan fingerprint density at radius 3 is 2.75 bits per heavy atom. The van der Waals surface area contributed by atoms with E-state index < -0.39 is 17.8 Å². The molecule has 0 bridgehead atoms. The monoisotopic (exact) mass is 288 g/mol. The molecule has 8 heteroatoms. The van der Waals surface area contributed by atoms with Crippen LogP contribution in [-0.2, 0) is 11.0 Å². The number of amides is 1. The van der Waals surface area contributed by atoms with Gasteiger partial charge in [0.2, 0.25) is 11.9 Å². The summed E-state index contributed by atoms with van der Waals surface area (Å²) in [5, 5.41) is 0. The molecular weight excluding hydrogens is 273 g/mol. The standard InChI is InChI=1S/C12H15F3N4O/c1-7(20)19-4-2-3-8(6-19)9-5-10(12(13,14)15)18-11(16)17-9/h5,8H,2-4,6H2,1H3,(H2,16,17,18)/t8-/m1/s1. The third-order valence-electron chi connectivity index (χ3n) is 3.34. The molecule has 0 spiro atoms. The maximum atomic E-state index is 12.7. The van der Waals surface area contributed by atoms with Crippen LogP contribution in [0.3, 0.4) is 0 Å². The molecule has 1 aromatic rings. The van der Waals surface area contributed by atoms with Gasteiger partial charge in [0.05, 0.1) is 5.69 Å². The number of likely N-dealkylation sites (tertiary alicyclic amines) is 1. The van der Waals surface area contributed by atoms with E-state index in [1.54, 1.807) is 4.90 Å². The van der Waals surface area contributed by atoms with Gasteiger partial charge < -0.3 is 10.6 Å². The van der Waals surface area contributed by atoms with Gasteiger partial charge in [0.25, 0.3) is 0 Å². The lowest BCUT2D eigenvalue weighted by molar-refractivity contribution is -0.141. The first-order chi connectivity index (χ1) is 9.27. The van der Waals surface area contributed by atoms with E-state index in [4.69, 9.17) is 5.73 Å². The predicted octanol–water partition coefficient (Wildman–Crippen LogP) is 1.80. The fourth-order valence-electron chi connectivity index (χ4n) is 2.34. The van der Waals surface area contributed by atoms with Crippen LogP contribution >= 0.6 is 0 Å². The van der Waals surface area contributed by atoms with Gasteiger partial charge >= 0.3 is 6.18 Å². The first kappa shape index (κ1) is 14.5. The number of piperidine rings is 1. The quantitative estimate of drug-likeness (QED) is 0.855. The zero-order valence-electron chi connectivity index (χ0n) is 10.9. The third kappa shape index (κ3) is 3.17. The number of nitrogens with two attached hydrogens (primary N) is 1. The van der Waals surface area contributed by atoms with E-state index >= 15 is 0 Å². The van der Waals surface area contributed by atoms with Crippen molar-refractivity contribution in [3.63, 3.8) is 0 Å². The summed E-state index contributed by atoms with van der Waals surface area (Å²) >= 11 is 0. The second-order valence-electron chi connectivity index (χ2n) is 4.84. The van der Waals surface area contributed by atoms with Crippen LogP contribution in [0.2, 0.25) is 0 Å². The molecule has 0 aliphatic carbocycles. The molecule has 1 atom stereocenters. The van der Waals surface area contributed by atoms with E-state index in [9.17, 15) is 18.0 Å². The van der Waals surface area contributed by atoms with E-state index in [0.29, 0.717) is 19.5 Å². The Hall–Kier alpha value is -1.86. The fraction of sp³-hybridized carbons (Fsp3) is 0.583. The molecule has 2 rings (SSSR count). The highest BCUT2D eigenvalue weighted by molar-refractivity contribution is 5.73. The van der Waals surface area contributed by atoms with E-state index in [2.05, 4.69) is 9.97 Å². The predicted molar refractivity (Wildman–Crippen MR) is 65.7 cm³/mol. The van der Waals surface area contributed by atoms with E-state index in [-0.39, 0.29) is 17.5 Å². The normalized spacial score (nSPS) is 20.0. The van der Waals surface area contributed by atoms with Gasteiger partial charge in [0, 0.05) is 25.9 Å². The first-order valence-corrected chi connectivity index (χ1v) is 6.24. The molecule has 110 valence electrons. The molecule has 1 saturated heterocycles. The Morgan fingerprint density at radius 1 is 1.45 bits per heavy atom. The van der Waals surface area contributed by atoms with Gasteiger partial charge in [-0.25, -0.2) is 9.97 Å². The maximum absolute atomic E-state index is 12.7. The average Bonchev–Trinajstić information content (AvgIpc) is 2.37. The largest absolute Gasteiger partial charge is 0.433 e. The Labute approximate surface area is 114 Å². The molecule has 0 saturated carbocycles. The number of halogens is 3. The summed E-state index contributed by atoms with van der Waals surface area (Å²) < 4.78 is 38.1. The summed E-state index contributed by atoms with van der Waals surface area (Å²) in [5.74, 6) is -0.721. The number of hydrogen-bond donors (Lipinski definition) is 1. The van der Waals surface area contributed by atoms with Gasteiger partial charge in [-0.05, 0) is 18.9 Å². The molecule has 2 N–H and O–H groups in total. The second-order valence-corrected chi connectivity index (χ2v) is 4.84. The number of anilines is 1. The average molecular weight is 288 g/mol. The molecule has 0 radical (unpaired) electrons. The third-order valence-corrected chi connectivity index (χ3v) is 3.34. The number of aromatic nitrogens is 2. The van der Waals surface area contributed by atoms with Crippen LogP contribution in [-0.4, -0.2) is 33.9 Å². The van der Waals surface area contributed by atoms with Crippen molar-refractivity contribution < 1.29 is 18.0 Å². The van der Waals surface area contributed by atoms with Gasteiger partial charge in [0.15, 0.2) is 0 Å². The molecular formula is C12H15F3N4O. The van der Waals surface area contributed by atoms with Crippen LogP contribution in [0.4, 0.5) is 19.1 Å². The Kier molecular flexibility index (Phi) is 3.82. The molecule has 1 fully saturated rings. The number of carbonyl (C=O) groups excluding carboxylic acids is 1. The molecule has 0 unspecified atom stereocenters. The fourth-order valence-corrected chi connectivity index (χ4v) is 2.34. The van der Waals surface area contributed by atoms with Crippen molar-refractivity contribution in [3.05, 3.63) is 17.5 Å². The summed E-state index contributed by atoms with van der Waals surface area (Å²) in [6.45, 7) is 2.43. The molecule has 2 heterocycles. The van der Waals surface area contributed by atoms with Crippen molar-refractivity contribution in [1.82, 2.24) is 14.9 Å². The van der Waals surface area contributed by atoms with E-state index in [1.807, 2.05) is 0 Å². The number of alkyl halides is 3. The first-order valence-electron chi connectivity index (χ1n) is 6.24. The van der Waals surface area contributed by atoms with Gasteiger partial charge in [-0.3, -0.25) is 4.79 Å². The molecule has 0 aromatic carbocycles. The van der Waals surface area contributed by atoms with E-state index in [1.165, 1.54) is 6.92 Å². The maximum Gasteiger partial charge on any atom is 0.433 e. The molecule has 1 aliphatic rings. The highest BCUT2D eigenvalue weighted by Gasteiger charge is 2.34. The van der Waals surface area contributed by atoms with Crippen molar-refractivity contribution in [2.24, 2.45) is 0 Å². The number of nitrogen functional groups attached to an aromatic ring is 1. The van der Waals surface area contributed by atoms with Crippen LogP contribution < -0.4 is 5.73 Å². The van der Waals surface area contributed by atoms with Gasteiger partial charge in [-0.1, -0.05) is 0 Å². The topological polar surface area (TPSA) is 72.1 Å². The zero-order valence-corrected chi connectivity index (χ0v) is 10.9.